The molecule has 112 valence electrons. The maximum absolute atomic E-state index is 6.05. The average molecular weight is 284 g/mol. The zero-order valence-electron chi connectivity index (χ0n) is 13.1. The highest BCUT2D eigenvalue weighted by Crippen LogP contribution is 2.27. The number of rotatable bonds is 7. The Morgan fingerprint density at radius 3 is 2.86 bits per heavy atom. The molecule has 0 fully saturated rings. The summed E-state index contributed by atoms with van der Waals surface area (Å²) in [6.45, 7) is 8.31. The molecule has 0 aliphatic rings. The highest BCUT2D eigenvalue weighted by atomic mass is 16.5. The number of benzene rings is 1. The van der Waals surface area contributed by atoms with Crippen LogP contribution < -0.4 is 10.1 Å². The molecule has 2 aromatic rings. The van der Waals surface area contributed by atoms with Crippen LogP contribution in [0.1, 0.15) is 44.2 Å². The van der Waals surface area contributed by atoms with Crippen molar-refractivity contribution in [1.82, 2.24) is 10.3 Å². The van der Waals surface area contributed by atoms with Crippen LogP contribution in [0.3, 0.4) is 0 Å². The minimum absolute atomic E-state index is 0.497. The van der Waals surface area contributed by atoms with Gasteiger partial charge in [-0.25, -0.2) is 0 Å². The molecule has 0 spiro atoms. The van der Waals surface area contributed by atoms with Crippen LogP contribution in [0.4, 0.5) is 0 Å². The van der Waals surface area contributed by atoms with Gasteiger partial charge in [-0.05, 0) is 42.6 Å². The number of nitrogens with one attached hydrogen (secondary N) is 1. The maximum atomic E-state index is 6.05. The molecule has 0 aliphatic heterocycles. The monoisotopic (exact) mass is 284 g/mol. The highest BCUT2D eigenvalue weighted by Gasteiger charge is 2.06. The van der Waals surface area contributed by atoms with Gasteiger partial charge in [-0.3, -0.25) is 4.98 Å². The zero-order chi connectivity index (χ0) is 15.1. The Labute approximate surface area is 127 Å². The summed E-state index contributed by atoms with van der Waals surface area (Å²) in [5, 5.41) is 3.39. The summed E-state index contributed by atoms with van der Waals surface area (Å²) in [5.74, 6) is 2.25. The van der Waals surface area contributed by atoms with Gasteiger partial charge in [0.05, 0.1) is 0 Å². The molecule has 0 amide bonds. The summed E-state index contributed by atoms with van der Waals surface area (Å²) in [5.41, 5.74) is 2.37. The summed E-state index contributed by atoms with van der Waals surface area (Å²) in [6, 6.07) is 10.2. The Morgan fingerprint density at radius 1 is 1.24 bits per heavy atom. The van der Waals surface area contributed by atoms with E-state index in [1.165, 1.54) is 5.56 Å². The first-order chi connectivity index (χ1) is 10.2. The molecule has 1 aromatic carbocycles. The van der Waals surface area contributed by atoms with Gasteiger partial charge in [0, 0.05) is 24.5 Å². The molecule has 21 heavy (non-hydrogen) atoms. The van der Waals surface area contributed by atoms with Crippen molar-refractivity contribution in [3.8, 4) is 11.5 Å². The third-order valence-corrected chi connectivity index (χ3v) is 3.35. The maximum Gasteiger partial charge on any atom is 0.134 e. The molecular formula is C18H24N2O. The molecule has 0 unspecified atom stereocenters. The third-order valence-electron chi connectivity index (χ3n) is 3.35. The summed E-state index contributed by atoms with van der Waals surface area (Å²) < 4.78 is 6.05. The van der Waals surface area contributed by atoms with Crippen LogP contribution in [-0.4, -0.2) is 11.5 Å². The van der Waals surface area contributed by atoms with E-state index in [0.717, 1.165) is 36.6 Å². The van der Waals surface area contributed by atoms with Crippen molar-refractivity contribution in [2.75, 3.05) is 6.54 Å². The number of hydrogen-bond donors (Lipinski definition) is 1. The SMILES string of the molecule is CCCNCc1cnccc1Oc1cccc(C(C)C)c1. The van der Waals surface area contributed by atoms with E-state index in [2.05, 4.69) is 43.2 Å². The normalized spacial score (nSPS) is 10.9. The summed E-state index contributed by atoms with van der Waals surface area (Å²) in [4.78, 5) is 4.19. The van der Waals surface area contributed by atoms with Gasteiger partial charge in [0.15, 0.2) is 0 Å². The minimum Gasteiger partial charge on any atom is -0.457 e. The predicted octanol–water partition coefficient (Wildman–Crippen LogP) is 4.50. The quantitative estimate of drug-likeness (QED) is 0.760. The molecule has 0 aliphatic carbocycles. The van der Waals surface area contributed by atoms with E-state index < -0.39 is 0 Å². The van der Waals surface area contributed by atoms with Gasteiger partial charge in [-0.15, -0.1) is 0 Å². The Hall–Kier alpha value is -1.87. The Kier molecular flexibility index (Phi) is 5.76. The Bertz CT molecular complexity index is 567. The molecule has 0 saturated carbocycles. The van der Waals surface area contributed by atoms with Gasteiger partial charge < -0.3 is 10.1 Å². The van der Waals surface area contributed by atoms with Crippen LogP contribution in [0, 0.1) is 0 Å². The van der Waals surface area contributed by atoms with Crippen molar-refractivity contribution in [2.45, 2.75) is 39.7 Å². The highest BCUT2D eigenvalue weighted by molar-refractivity contribution is 5.38. The predicted molar refractivity (Wildman–Crippen MR) is 86.8 cm³/mol. The Morgan fingerprint density at radius 2 is 2.10 bits per heavy atom. The van der Waals surface area contributed by atoms with E-state index in [1.807, 2.05) is 24.4 Å². The zero-order valence-corrected chi connectivity index (χ0v) is 13.1. The largest absolute Gasteiger partial charge is 0.457 e. The molecule has 0 bridgehead atoms. The number of nitrogens with zero attached hydrogens (tertiary/aromatic N) is 1. The lowest BCUT2D eigenvalue weighted by molar-refractivity contribution is 0.470. The average Bonchev–Trinajstić information content (AvgIpc) is 2.49. The fourth-order valence-corrected chi connectivity index (χ4v) is 2.11. The lowest BCUT2D eigenvalue weighted by atomic mass is 10.0. The van der Waals surface area contributed by atoms with Crippen molar-refractivity contribution in [3.05, 3.63) is 53.9 Å². The second-order valence-corrected chi connectivity index (χ2v) is 5.49. The molecule has 1 aromatic heterocycles. The van der Waals surface area contributed by atoms with Crippen LogP contribution in [0.15, 0.2) is 42.7 Å². The smallest absolute Gasteiger partial charge is 0.134 e. The fourth-order valence-electron chi connectivity index (χ4n) is 2.11. The van der Waals surface area contributed by atoms with Crippen LogP contribution in [-0.2, 0) is 6.54 Å². The lowest BCUT2D eigenvalue weighted by Gasteiger charge is -2.13. The fraction of sp³-hybridized carbons (Fsp3) is 0.389. The first-order valence-corrected chi connectivity index (χ1v) is 7.62. The number of pyridine rings is 1. The van der Waals surface area contributed by atoms with Crippen molar-refractivity contribution in [2.24, 2.45) is 0 Å². The van der Waals surface area contributed by atoms with E-state index >= 15 is 0 Å². The van der Waals surface area contributed by atoms with Gasteiger partial charge in [0.1, 0.15) is 11.5 Å². The molecule has 0 atom stereocenters. The molecule has 2 rings (SSSR count). The Balaban J connectivity index is 2.13. The van der Waals surface area contributed by atoms with Crippen molar-refractivity contribution < 1.29 is 4.74 Å². The van der Waals surface area contributed by atoms with E-state index in [4.69, 9.17) is 4.74 Å². The van der Waals surface area contributed by atoms with E-state index in [0.29, 0.717) is 5.92 Å². The summed E-state index contributed by atoms with van der Waals surface area (Å²) >= 11 is 0. The van der Waals surface area contributed by atoms with Crippen LogP contribution in [0.5, 0.6) is 11.5 Å². The number of hydrogen-bond acceptors (Lipinski definition) is 3. The van der Waals surface area contributed by atoms with Gasteiger partial charge in [-0.2, -0.15) is 0 Å². The minimum atomic E-state index is 0.497. The van der Waals surface area contributed by atoms with E-state index in [-0.39, 0.29) is 0 Å². The van der Waals surface area contributed by atoms with Crippen molar-refractivity contribution in [1.29, 1.82) is 0 Å². The molecule has 1 heterocycles. The molecule has 3 heteroatoms. The first-order valence-electron chi connectivity index (χ1n) is 7.62. The van der Waals surface area contributed by atoms with E-state index in [1.54, 1.807) is 6.20 Å². The van der Waals surface area contributed by atoms with Gasteiger partial charge in [-0.1, -0.05) is 32.9 Å². The third kappa shape index (κ3) is 4.57. The summed E-state index contributed by atoms with van der Waals surface area (Å²) in [6.07, 6.45) is 4.75. The molecule has 0 saturated heterocycles. The van der Waals surface area contributed by atoms with E-state index in [9.17, 15) is 0 Å². The molecule has 3 nitrogen and oxygen atoms in total. The van der Waals surface area contributed by atoms with Gasteiger partial charge in [0.2, 0.25) is 0 Å². The number of aromatic nitrogens is 1. The van der Waals surface area contributed by atoms with Crippen LogP contribution in [0.2, 0.25) is 0 Å². The first kappa shape index (κ1) is 15.5. The lowest BCUT2D eigenvalue weighted by Crippen LogP contribution is -2.14. The van der Waals surface area contributed by atoms with Crippen molar-refractivity contribution in [3.63, 3.8) is 0 Å². The van der Waals surface area contributed by atoms with Gasteiger partial charge >= 0.3 is 0 Å². The standard InChI is InChI=1S/C18H24N2O/c1-4-9-19-12-16-13-20-10-8-18(16)21-17-7-5-6-15(11-17)14(2)3/h5-8,10-11,13-14,19H,4,9,12H2,1-3H3. The van der Waals surface area contributed by atoms with Crippen molar-refractivity contribution >= 4 is 0 Å². The molecular weight excluding hydrogens is 260 g/mol. The summed E-state index contributed by atoms with van der Waals surface area (Å²) in [7, 11) is 0. The van der Waals surface area contributed by atoms with Gasteiger partial charge in [0.25, 0.3) is 0 Å². The topological polar surface area (TPSA) is 34.2 Å². The molecule has 1 N–H and O–H groups in total. The molecule has 0 radical (unpaired) electrons. The second-order valence-electron chi connectivity index (χ2n) is 5.49. The number of ether oxygens (including phenoxy) is 1. The van der Waals surface area contributed by atoms with Crippen LogP contribution >= 0.6 is 0 Å². The second kappa shape index (κ2) is 7.79. The van der Waals surface area contributed by atoms with Crippen LogP contribution in [0.25, 0.3) is 0 Å².